The second-order valence-corrected chi connectivity index (χ2v) is 10.6. The molecular weight excluding hydrogens is 416 g/mol. The van der Waals surface area contributed by atoms with Gasteiger partial charge in [0.15, 0.2) is 0 Å². The molecule has 1 aliphatic carbocycles. The first-order valence-electron chi connectivity index (χ1n) is 12.9. The molecule has 0 aromatic heterocycles. The first-order chi connectivity index (χ1) is 16.2. The van der Waals surface area contributed by atoms with Crippen molar-refractivity contribution < 1.29 is 9.47 Å². The molecular formula is C32H46O2. The molecule has 34 heavy (non-hydrogen) atoms. The number of ether oxygens (including phenoxy) is 2. The van der Waals surface area contributed by atoms with E-state index in [1.165, 1.54) is 17.6 Å². The lowest BCUT2D eigenvalue weighted by atomic mass is 9.82. The van der Waals surface area contributed by atoms with Crippen molar-refractivity contribution in [2.75, 3.05) is 6.61 Å². The Hall–Kier alpha value is -2.32. The maximum atomic E-state index is 6.55. The lowest BCUT2D eigenvalue weighted by molar-refractivity contribution is -0.126. The fourth-order valence-corrected chi connectivity index (χ4v) is 4.37. The molecule has 0 spiro atoms. The van der Waals surface area contributed by atoms with Crippen LogP contribution in [0.4, 0.5) is 0 Å². The SMILES string of the molecule is C/C=C\C(=C/C)COC(Oc1ccc(C(CC(C)C)C(C)C)cc1)C(C)(C)C1=CC=CCC=C1. The molecule has 2 nitrogen and oxygen atoms in total. The first kappa shape index (κ1) is 27.9. The van der Waals surface area contributed by atoms with Crippen LogP contribution < -0.4 is 4.74 Å². The van der Waals surface area contributed by atoms with Gasteiger partial charge in [0.25, 0.3) is 0 Å². The molecule has 2 atom stereocenters. The summed E-state index contributed by atoms with van der Waals surface area (Å²) >= 11 is 0. The van der Waals surface area contributed by atoms with E-state index >= 15 is 0 Å². The van der Waals surface area contributed by atoms with Crippen LogP contribution in [0.1, 0.15) is 79.7 Å². The van der Waals surface area contributed by atoms with E-state index in [-0.39, 0.29) is 5.41 Å². The molecule has 1 aliphatic rings. The molecule has 0 radical (unpaired) electrons. The van der Waals surface area contributed by atoms with Crippen molar-refractivity contribution in [2.24, 2.45) is 17.3 Å². The number of benzene rings is 1. The van der Waals surface area contributed by atoms with Crippen molar-refractivity contribution in [1.82, 2.24) is 0 Å². The Morgan fingerprint density at radius 3 is 2.32 bits per heavy atom. The third kappa shape index (κ3) is 8.17. The van der Waals surface area contributed by atoms with E-state index in [0.717, 1.165) is 17.7 Å². The van der Waals surface area contributed by atoms with Crippen LogP contribution in [0.2, 0.25) is 0 Å². The molecule has 0 bridgehead atoms. The fourth-order valence-electron chi connectivity index (χ4n) is 4.37. The van der Waals surface area contributed by atoms with Gasteiger partial charge >= 0.3 is 0 Å². The summed E-state index contributed by atoms with van der Waals surface area (Å²) in [7, 11) is 0. The normalized spacial score (nSPS) is 16.8. The van der Waals surface area contributed by atoms with Crippen LogP contribution in [0, 0.1) is 17.3 Å². The number of hydrogen-bond donors (Lipinski definition) is 0. The zero-order chi connectivity index (χ0) is 25.1. The largest absolute Gasteiger partial charge is 0.464 e. The fraction of sp³-hybridized carbons (Fsp3) is 0.500. The Labute approximate surface area is 209 Å². The Kier molecular flexibility index (Phi) is 11.1. The molecule has 2 rings (SSSR count). The van der Waals surface area contributed by atoms with E-state index in [2.05, 4.69) is 108 Å². The minimum Gasteiger partial charge on any atom is -0.464 e. The molecule has 0 amide bonds. The lowest BCUT2D eigenvalue weighted by Crippen LogP contribution is -2.38. The summed E-state index contributed by atoms with van der Waals surface area (Å²) in [4.78, 5) is 0. The van der Waals surface area contributed by atoms with Gasteiger partial charge in [0.1, 0.15) is 5.75 Å². The van der Waals surface area contributed by atoms with E-state index in [4.69, 9.17) is 9.47 Å². The van der Waals surface area contributed by atoms with Crippen molar-refractivity contribution in [3.63, 3.8) is 0 Å². The average molecular weight is 463 g/mol. The van der Waals surface area contributed by atoms with Gasteiger partial charge in [-0.2, -0.15) is 0 Å². The highest BCUT2D eigenvalue weighted by Crippen LogP contribution is 2.37. The highest BCUT2D eigenvalue weighted by molar-refractivity contribution is 5.34. The molecule has 0 saturated heterocycles. The van der Waals surface area contributed by atoms with Crippen molar-refractivity contribution in [1.29, 1.82) is 0 Å². The lowest BCUT2D eigenvalue weighted by Gasteiger charge is -2.35. The zero-order valence-electron chi connectivity index (χ0n) is 22.7. The van der Waals surface area contributed by atoms with Crippen molar-refractivity contribution >= 4 is 0 Å². The van der Waals surface area contributed by atoms with Crippen LogP contribution in [-0.2, 0) is 4.74 Å². The monoisotopic (exact) mass is 462 g/mol. The van der Waals surface area contributed by atoms with Crippen LogP contribution in [0.5, 0.6) is 5.75 Å². The molecule has 0 N–H and O–H groups in total. The highest BCUT2D eigenvalue weighted by Gasteiger charge is 2.35. The zero-order valence-corrected chi connectivity index (χ0v) is 22.7. The van der Waals surface area contributed by atoms with Crippen molar-refractivity contribution in [3.05, 3.63) is 89.6 Å². The van der Waals surface area contributed by atoms with Crippen LogP contribution in [0.15, 0.2) is 84.0 Å². The summed E-state index contributed by atoms with van der Waals surface area (Å²) in [6.45, 7) is 18.2. The molecule has 2 heteroatoms. The number of allylic oxidation sites excluding steroid dienone is 7. The molecule has 0 heterocycles. The topological polar surface area (TPSA) is 18.5 Å². The van der Waals surface area contributed by atoms with Crippen LogP contribution >= 0.6 is 0 Å². The van der Waals surface area contributed by atoms with Gasteiger partial charge in [-0.05, 0) is 87.1 Å². The number of hydrogen-bond acceptors (Lipinski definition) is 2. The van der Waals surface area contributed by atoms with Gasteiger partial charge < -0.3 is 9.47 Å². The molecule has 0 saturated carbocycles. The van der Waals surface area contributed by atoms with E-state index < -0.39 is 6.29 Å². The van der Waals surface area contributed by atoms with E-state index in [1.54, 1.807) is 0 Å². The minimum atomic E-state index is -0.433. The Morgan fingerprint density at radius 1 is 1.03 bits per heavy atom. The van der Waals surface area contributed by atoms with Gasteiger partial charge in [-0.1, -0.05) is 88.4 Å². The van der Waals surface area contributed by atoms with E-state index in [9.17, 15) is 0 Å². The van der Waals surface area contributed by atoms with Crippen molar-refractivity contribution in [3.8, 4) is 5.75 Å². The third-order valence-corrected chi connectivity index (χ3v) is 6.55. The predicted molar refractivity (Wildman–Crippen MR) is 147 cm³/mol. The van der Waals surface area contributed by atoms with E-state index in [1.807, 2.05) is 19.9 Å². The quantitative estimate of drug-likeness (QED) is 0.228. The first-order valence-corrected chi connectivity index (χ1v) is 12.9. The smallest absolute Gasteiger partial charge is 0.209 e. The Bertz CT molecular complexity index is 891. The Balaban J connectivity index is 2.30. The maximum absolute atomic E-state index is 6.55. The third-order valence-electron chi connectivity index (χ3n) is 6.55. The summed E-state index contributed by atoms with van der Waals surface area (Å²) < 4.78 is 13.0. The van der Waals surface area contributed by atoms with Gasteiger partial charge in [0.05, 0.1) is 12.0 Å². The highest BCUT2D eigenvalue weighted by atomic mass is 16.7. The molecule has 186 valence electrons. The van der Waals surface area contributed by atoms with Gasteiger partial charge in [-0.3, -0.25) is 0 Å². The van der Waals surface area contributed by atoms with Gasteiger partial charge in [-0.25, -0.2) is 0 Å². The average Bonchev–Trinajstić information content (AvgIpc) is 3.09. The summed E-state index contributed by atoms with van der Waals surface area (Å²) in [5.74, 6) is 2.69. The van der Waals surface area contributed by atoms with Crippen LogP contribution in [0.25, 0.3) is 0 Å². The summed E-state index contributed by atoms with van der Waals surface area (Å²) in [6, 6.07) is 8.68. The van der Waals surface area contributed by atoms with Gasteiger partial charge in [-0.15, -0.1) is 0 Å². The summed E-state index contributed by atoms with van der Waals surface area (Å²) in [5, 5.41) is 0. The number of rotatable bonds is 12. The van der Waals surface area contributed by atoms with E-state index in [0.29, 0.717) is 24.4 Å². The molecule has 0 aliphatic heterocycles. The molecule has 1 aromatic carbocycles. The maximum Gasteiger partial charge on any atom is 0.209 e. The van der Waals surface area contributed by atoms with Crippen LogP contribution in [-0.4, -0.2) is 12.9 Å². The van der Waals surface area contributed by atoms with Crippen molar-refractivity contribution in [2.45, 2.75) is 80.4 Å². The summed E-state index contributed by atoms with van der Waals surface area (Å²) in [6.07, 6.45) is 18.8. The molecule has 2 unspecified atom stereocenters. The second kappa shape index (κ2) is 13.5. The minimum absolute atomic E-state index is 0.337. The van der Waals surface area contributed by atoms with Crippen LogP contribution in [0.3, 0.4) is 0 Å². The summed E-state index contributed by atoms with van der Waals surface area (Å²) in [5.41, 5.74) is 3.39. The Morgan fingerprint density at radius 2 is 1.74 bits per heavy atom. The molecule has 1 aromatic rings. The molecule has 0 fully saturated rings. The van der Waals surface area contributed by atoms with Gasteiger partial charge in [0.2, 0.25) is 6.29 Å². The van der Waals surface area contributed by atoms with Gasteiger partial charge in [0, 0.05) is 0 Å². The second-order valence-electron chi connectivity index (χ2n) is 10.6. The predicted octanol–water partition coefficient (Wildman–Crippen LogP) is 9.18. The standard InChI is InChI=1S/C32H46O2/c1-9-15-26(10-2)23-33-31(32(7,8)28-16-13-11-12-14-17-28)34-29-20-18-27(19-21-29)30(25(5)6)22-24(3)4/h9-11,13-21,24-25,30-31H,12,22-23H2,1-8H3/b15-9-,26-10+.